The Labute approximate surface area is 164 Å². The zero-order chi connectivity index (χ0) is 20.5. The maximum Gasteiger partial charge on any atom is 0.435 e. The van der Waals surface area contributed by atoms with Gasteiger partial charge < -0.3 is 10.1 Å². The predicted molar refractivity (Wildman–Crippen MR) is 99.5 cm³/mol. The van der Waals surface area contributed by atoms with Crippen molar-refractivity contribution in [3.05, 3.63) is 53.7 Å². The number of aromatic nitrogens is 4. The fourth-order valence-corrected chi connectivity index (χ4v) is 2.37. The third kappa shape index (κ3) is 4.61. The molecule has 0 aliphatic heterocycles. The number of benzene rings is 1. The standard InChI is InChI=1S/C18H16ClF2N5O2/c1-18(2,3)28-17(27)26-9-11(7-23-26)10-4-5-14(12(20)6-10)24-15-13(21)8-22-16(19)25-15/h4-9H,1-3H3,(H,22,24,25). The molecule has 146 valence electrons. The van der Waals surface area contributed by atoms with Crippen LogP contribution in [0.3, 0.4) is 0 Å². The van der Waals surface area contributed by atoms with Crippen molar-refractivity contribution >= 4 is 29.2 Å². The van der Waals surface area contributed by atoms with Crippen LogP contribution in [0.25, 0.3) is 11.1 Å². The number of halogens is 3. The van der Waals surface area contributed by atoms with Crippen molar-refractivity contribution in [3.63, 3.8) is 0 Å². The van der Waals surface area contributed by atoms with Crippen LogP contribution in [0.4, 0.5) is 25.1 Å². The van der Waals surface area contributed by atoms with Gasteiger partial charge in [0.25, 0.3) is 0 Å². The van der Waals surface area contributed by atoms with E-state index in [-0.39, 0.29) is 16.8 Å². The molecule has 0 bridgehead atoms. The van der Waals surface area contributed by atoms with E-state index in [9.17, 15) is 13.6 Å². The predicted octanol–water partition coefficient (Wildman–Crippen LogP) is 4.80. The monoisotopic (exact) mass is 407 g/mol. The minimum absolute atomic E-state index is 0.00282. The molecule has 3 rings (SSSR count). The summed E-state index contributed by atoms with van der Waals surface area (Å²) in [5.74, 6) is -1.67. The quantitative estimate of drug-likeness (QED) is 0.628. The van der Waals surface area contributed by atoms with Gasteiger partial charge in [0.2, 0.25) is 5.28 Å². The molecule has 2 heterocycles. The fraction of sp³-hybridized carbons (Fsp3) is 0.222. The number of hydrogen-bond donors (Lipinski definition) is 1. The van der Waals surface area contributed by atoms with Crippen molar-refractivity contribution < 1.29 is 18.3 Å². The highest BCUT2D eigenvalue weighted by molar-refractivity contribution is 6.28. The lowest BCUT2D eigenvalue weighted by Gasteiger charge is -2.18. The molecular formula is C18H16ClF2N5O2. The Hall–Kier alpha value is -3.07. The van der Waals surface area contributed by atoms with Crippen LogP contribution in [0, 0.1) is 11.6 Å². The second kappa shape index (κ2) is 7.51. The van der Waals surface area contributed by atoms with Crippen LogP contribution in [-0.4, -0.2) is 31.4 Å². The first-order valence-electron chi connectivity index (χ1n) is 8.15. The molecule has 28 heavy (non-hydrogen) atoms. The first-order valence-corrected chi connectivity index (χ1v) is 8.53. The molecule has 0 amide bonds. The van der Waals surface area contributed by atoms with Gasteiger partial charge in [-0.3, -0.25) is 0 Å². The second-order valence-corrected chi connectivity index (χ2v) is 7.15. The normalized spacial score (nSPS) is 11.4. The molecule has 2 aromatic heterocycles. The number of ether oxygens (including phenoxy) is 1. The molecule has 1 aromatic carbocycles. The highest BCUT2D eigenvalue weighted by Gasteiger charge is 2.19. The number of nitrogens with zero attached hydrogens (tertiary/aromatic N) is 4. The molecule has 3 aromatic rings. The summed E-state index contributed by atoms with van der Waals surface area (Å²) >= 11 is 5.63. The minimum atomic E-state index is -0.772. The van der Waals surface area contributed by atoms with Gasteiger partial charge in [0.1, 0.15) is 11.4 Å². The van der Waals surface area contributed by atoms with E-state index in [0.29, 0.717) is 11.1 Å². The van der Waals surface area contributed by atoms with E-state index in [1.807, 2.05) is 0 Å². The molecule has 0 unspecified atom stereocenters. The Kier molecular flexibility index (Phi) is 5.28. The number of nitrogens with one attached hydrogen (secondary N) is 1. The number of rotatable bonds is 3. The molecule has 1 N–H and O–H groups in total. The molecule has 7 nitrogen and oxygen atoms in total. The number of anilines is 2. The average Bonchev–Trinajstić information content (AvgIpc) is 3.08. The summed E-state index contributed by atoms with van der Waals surface area (Å²) in [6, 6.07) is 4.22. The van der Waals surface area contributed by atoms with E-state index < -0.39 is 23.3 Å². The van der Waals surface area contributed by atoms with Gasteiger partial charge in [-0.05, 0) is 50.1 Å². The van der Waals surface area contributed by atoms with Gasteiger partial charge in [0.15, 0.2) is 11.6 Å². The van der Waals surface area contributed by atoms with Gasteiger partial charge in [-0.25, -0.2) is 18.6 Å². The number of hydrogen-bond acceptors (Lipinski definition) is 6. The van der Waals surface area contributed by atoms with Crippen molar-refractivity contribution in [3.8, 4) is 11.1 Å². The van der Waals surface area contributed by atoms with E-state index in [1.54, 1.807) is 26.8 Å². The lowest BCUT2D eigenvalue weighted by molar-refractivity contribution is 0.0514. The smallest absolute Gasteiger partial charge is 0.435 e. The molecule has 0 saturated carbocycles. The third-order valence-electron chi connectivity index (χ3n) is 3.43. The fourth-order valence-electron chi connectivity index (χ4n) is 2.24. The van der Waals surface area contributed by atoms with Crippen molar-refractivity contribution in [2.75, 3.05) is 5.32 Å². The topological polar surface area (TPSA) is 81.9 Å². The van der Waals surface area contributed by atoms with Crippen LogP contribution in [0.15, 0.2) is 36.8 Å². The molecule has 10 heteroatoms. The van der Waals surface area contributed by atoms with Crippen molar-refractivity contribution in [1.29, 1.82) is 0 Å². The third-order valence-corrected chi connectivity index (χ3v) is 3.62. The molecule has 0 aliphatic carbocycles. The molecule has 0 radical (unpaired) electrons. The van der Waals surface area contributed by atoms with Crippen LogP contribution in [0.5, 0.6) is 0 Å². The summed E-state index contributed by atoms with van der Waals surface area (Å²) in [6.07, 6.45) is 3.08. The SMILES string of the molecule is CC(C)(C)OC(=O)n1cc(-c2ccc(Nc3nc(Cl)ncc3F)c(F)c2)cn1. The summed E-state index contributed by atoms with van der Waals surface area (Å²) < 4.78 is 34.4. The summed E-state index contributed by atoms with van der Waals surface area (Å²) in [5.41, 5.74) is 0.311. The number of carbonyl (C=O) groups excluding carboxylic acids is 1. The van der Waals surface area contributed by atoms with Crippen LogP contribution in [0.2, 0.25) is 5.28 Å². The van der Waals surface area contributed by atoms with E-state index >= 15 is 0 Å². The first-order chi connectivity index (χ1) is 13.1. The van der Waals surface area contributed by atoms with Crippen molar-refractivity contribution in [1.82, 2.24) is 19.7 Å². The summed E-state index contributed by atoms with van der Waals surface area (Å²) in [7, 11) is 0. The van der Waals surface area contributed by atoms with Gasteiger partial charge >= 0.3 is 6.09 Å². The van der Waals surface area contributed by atoms with Gasteiger partial charge in [0.05, 0.1) is 18.1 Å². The van der Waals surface area contributed by atoms with Crippen molar-refractivity contribution in [2.24, 2.45) is 0 Å². The Bertz CT molecular complexity index is 1030. The van der Waals surface area contributed by atoms with Crippen LogP contribution in [-0.2, 0) is 4.74 Å². The van der Waals surface area contributed by atoms with Gasteiger partial charge in [-0.2, -0.15) is 14.8 Å². The van der Waals surface area contributed by atoms with Gasteiger partial charge in [0, 0.05) is 11.8 Å². The van der Waals surface area contributed by atoms with Crippen LogP contribution >= 0.6 is 11.6 Å². The van der Waals surface area contributed by atoms with Gasteiger partial charge in [-0.1, -0.05) is 6.07 Å². The Morgan fingerprint density at radius 1 is 1.18 bits per heavy atom. The highest BCUT2D eigenvalue weighted by atomic mass is 35.5. The Morgan fingerprint density at radius 2 is 1.93 bits per heavy atom. The van der Waals surface area contributed by atoms with Crippen LogP contribution < -0.4 is 5.32 Å². The summed E-state index contributed by atoms with van der Waals surface area (Å²) in [5, 5.41) is 6.30. The minimum Gasteiger partial charge on any atom is -0.442 e. The Morgan fingerprint density at radius 3 is 2.61 bits per heavy atom. The zero-order valence-electron chi connectivity index (χ0n) is 15.2. The average molecular weight is 408 g/mol. The van der Waals surface area contributed by atoms with Crippen molar-refractivity contribution in [2.45, 2.75) is 26.4 Å². The second-order valence-electron chi connectivity index (χ2n) is 6.81. The molecule has 0 aliphatic rings. The van der Waals surface area contributed by atoms with Crippen LogP contribution in [0.1, 0.15) is 20.8 Å². The maximum atomic E-state index is 14.5. The van der Waals surface area contributed by atoms with E-state index in [1.165, 1.54) is 24.5 Å². The summed E-state index contributed by atoms with van der Waals surface area (Å²) in [6.45, 7) is 5.22. The largest absolute Gasteiger partial charge is 0.442 e. The highest BCUT2D eigenvalue weighted by Crippen LogP contribution is 2.27. The first kappa shape index (κ1) is 19.7. The molecule has 0 fully saturated rings. The molecule has 0 atom stereocenters. The zero-order valence-corrected chi connectivity index (χ0v) is 16.0. The lowest BCUT2D eigenvalue weighted by atomic mass is 10.1. The molecular weight excluding hydrogens is 392 g/mol. The van der Waals surface area contributed by atoms with E-state index in [2.05, 4.69) is 20.4 Å². The van der Waals surface area contributed by atoms with Gasteiger partial charge in [-0.15, -0.1) is 0 Å². The molecule has 0 saturated heterocycles. The van der Waals surface area contributed by atoms with E-state index in [0.717, 1.165) is 10.9 Å². The van der Waals surface area contributed by atoms with E-state index in [4.69, 9.17) is 16.3 Å². The lowest BCUT2D eigenvalue weighted by Crippen LogP contribution is -2.27. The molecule has 0 spiro atoms. The number of carbonyl (C=O) groups is 1. The Balaban J connectivity index is 1.81. The summed E-state index contributed by atoms with van der Waals surface area (Å²) in [4.78, 5) is 19.2. The maximum absolute atomic E-state index is 14.5.